The number of hydrogen-bond acceptors (Lipinski definition) is 3. The lowest BCUT2D eigenvalue weighted by Gasteiger charge is -2.27. The summed E-state index contributed by atoms with van der Waals surface area (Å²) in [7, 11) is 1.67. The third-order valence-electron chi connectivity index (χ3n) is 3.11. The molecule has 2 N–H and O–H groups in total. The second kappa shape index (κ2) is 8.31. The summed E-state index contributed by atoms with van der Waals surface area (Å²) >= 11 is 0. The SMILES string of the molecule is COc1cc(C)cc(CN=C(N)N2CCOCC2)c1.I. The van der Waals surface area contributed by atoms with Gasteiger partial charge in [0.25, 0.3) is 0 Å². The quantitative estimate of drug-likeness (QED) is 0.485. The Morgan fingerprint density at radius 1 is 1.35 bits per heavy atom. The van der Waals surface area contributed by atoms with E-state index in [1.807, 2.05) is 19.1 Å². The van der Waals surface area contributed by atoms with Crippen LogP contribution in [0.4, 0.5) is 0 Å². The van der Waals surface area contributed by atoms with Gasteiger partial charge in [-0.1, -0.05) is 6.07 Å². The first-order valence-electron chi connectivity index (χ1n) is 6.46. The highest BCUT2D eigenvalue weighted by Crippen LogP contribution is 2.17. The Morgan fingerprint density at radius 2 is 2.05 bits per heavy atom. The standard InChI is InChI=1S/C14H21N3O2.HI/c1-11-7-12(9-13(8-11)18-2)10-16-14(15)17-3-5-19-6-4-17;/h7-9H,3-6,10H2,1-2H3,(H2,15,16);1H. The zero-order valence-corrected chi connectivity index (χ0v) is 14.3. The minimum absolute atomic E-state index is 0. The van der Waals surface area contributed by atoms with Crippen molar-refractivity contribution in [1.82, 2.24) is 4.90 Å². The van der Waals surface area contributed by atoms with Crippen LogP contribution in [0.15, 0.2) is 23.2 Å². The molecule has 0 unspecified atom stereocenters. The molecule has 1 heterocycles. The number of nitrogens with two attached hydrogens (primary N) is 1. The molecule has 1 aliphatic heterocycles. The number of aliphatic imine (C=N–C) groups is 1. The number of guanidine groups is 1. The second-order valence-electron chi connectivity index (χ2n) is 4.63. The van der Waals surface area contributed by atoms with Crippen molar-refractivity contribution < 1.29 is 9.47 Å². The van der Waals surface area contributed by atoms with Crippen molar-refractivity contribution in [3.8, 4) is 5.75 Å². The van der Waals surface area contributed by atoms with Crippen LogP contribution in [-0.4, -0.2) is 44.3 Å². The first-order chi connectivity index (χ1) is 9.19. The van der Waals surface area contributed by atoms with Crippen LogP contribution in [0.2, 0.25) is 0 Å². The van der Waals surface area contributed by atoms with E-state index < -0.39 is 0 Å². The molecule has 2 rings (SSSR count). The van der Waals surface area contributed by atoms with E-state index in [-0.39, 0.29) is 24.0 Å². The topological polar surface area (TPSA) is 60.1 Å². The van der Waals surface area contributed by atoms with Gasteiger partial charge < -0.3 is 20.1 Å². The molecule has 112 valence electrons. The molecule has 0 aliphatic carbocycles. The summed E-state index contributed by atoms with van der Waals surface area (Å²) in [4.78, 5) is 6.50. The van der Waals surface area contributed by atoms with Crippen LogP contribution in [-0.2, 0) is 11.3 Å². The molecule has 0 amide bonds. The fraction of sp³-hybridized carbons (Fsp3) is 0.500. The second-order valence-corrected chi connectivity index (χ2v) is 4.63. The highest BCUT2D eigenvalue weighted by molar-refractivity contribution is 14.0. The van der Waals surface area contributed by atoms with E-state index in [9.17, 15) is 0 Å². The highest BCUT2D eigenvalue weighted by Gasteiger charge is 2.11. The Hall–Kier alpha value is -1.02. The van der Waals surface area contributed by atoms with Gasteiger partial charge >= 0.3 is 0 Å². The molecule has 0 aromatic heterocycles. The van der Waals surface area contributed by atoms with Gasteiger partial charge in [-0.3, -0.25) is 0 Å². The maximum absolute atomic E-state index is 5.99. The van der Waals surface area contributed by atoms with Crippen LogP contribution in [0.5, 0.6) is 5.75 Å². The first-order valence-corrected chi connectivity index (χ1v) is 6.46. The first kappa shape index (κ1) is 17.0. The van der Waals surface area contributed by atoms with E-state index >= 15 is 0 Å². The lowest BCUT2D eigenvalue weighted by atomic mass is 10.1. The van der Waals surface area contributed by atoms with Crippen molar-refractivity contribution in [3.05, 3.63) is 29.3 Å². The lowest BCUT2D eigenvalue weighted by molar-refractivity contribution is 0.0674. The molecule has 0 saturated carbocycles. The number of methoxy groups -OCH3 is 1. The van der Waals surface area contributed by atoms with Crippen LogP contribution in [0.25, 0.3) is 0 Å². The third kappa shape index (κ3) is 4.82. The maximum Gasteiger partial charge on any atom is 0.191 e. The molecule has 0 bridgehead atoms. The van der Waals surface area contributed by atoms with Gasteiger partial charge in [-0.05, 0) is 30.2 Å². The molecule has 1 aliphatic rings. The van der Waals surface area contributed by atoms with Gasteiger partial charge in [0.1, 0.15) is 5.75 Å². The molecule has 1 aromatic carbocycles. The van der Waals surface area contributed by atoms with E-state index in [1.165, 1.54) is 0 Å². The van der Waals surface area contributed by atoms with Gasteiger partial charge in [0.2, 0.25) is 0 Å². The molecule has 1 fully saturated rings. The summed E-state index contributed by atoms with van der Waals surface area (Å²) in [5.74, 6) is 1.44. The number of rotatable bonds is 3. The van der Waals surface area contributed by atoms with Crippen LogP contribution in [0.1, 0.15) is 11.1 Å². The Bertz CT molecular complexity index is 460. The smallest absolute Gasteiger partial charge is 0.191 e. The Labute approximate surface area is 137 Å². The zero-order chi connectivity index (χ0) is 13.7. The number of morpholine rings is 1. The van der Waals surface area contributed by atoms with Crippen molar-refractivity contribution in [2.45, 2.75) is 13.5 Å². The van der Waals surface area contributed by atoms with Gasteiger partial charge in [-0.25, -0.2) is 4.99 Å². The van der Waals surface area contributed by atoms with Crippen LogP contribution in [0.3, 0.4) is 0 Å². The summed E-state index contributed by atoms with van der Waals surface area (Å²) in [5.41, 5.74) is 8.26. The number of benzene rings is 1. The molecule has 6 heteroatoms. The van der Waals surface area contributed by atoms with Crippen LogP contribution < -0.4 is 10.5 Å². The molecular formula is C14H22IN3O2. The van der Waals surface area contributed by atoms with E-state index in [2.05, 4.69) is 16.0 Å². The number of halogens is 1. The van der Waals surface area contributed by atoms with E-state index in [0.717, 1.165) is 30.0 Å². The highest BCUT2D eigenvalue weighted by atomic mass is 127. The predicted molar refractivity (Wildman–Crippen MR) is 90.9 cm³/mol. The summed E-state index contributed by atoms with van der Waals surface area (Å²) in [5, 5.41) is 0. The van der Waals surface area contributed by atoms with Crippen molar-refractivity contribution in [2.24, 2.45) is 10.7 Å². The van der Waals surface area contributed by atoms with Crippen molar-refractivity contribution in [3.63, 3.8) is 0 Å². The number of hydrogen-bond donors (Lipinski definition) is 1. The van der Waals surface area contributed by atoms with E-state index in [4.69, 9.17) is 15.2 Å². The molecule has 20 heavy (non-hydrogen) atoms. The normalized spacial score (nSPS) is 15.7. The van der Waals surface area contributed by atoms with Gasteiger partial charge in [0.05, 0.1) is 26.9 Å². The molecule has 1 saturated heterocycles. The van der Waals surface area contributed by atoms with Gasteiger partial charge in [0, 0.05) is 13.1 Å². The Balaban J connectivity index is 0.00000200. The van der Waals surface area contributed by atoms with Crippen LogP contribution in [0, 0.1) is 6.92 Å². The lowest BCUT2D eigenvalue weighted by Crippen LogP contribution is -2.44. The summed E-state index contributed by atoms with van der Waals surface area (Å²) in [6.07, 6.45) is 0. The zero-order valence-electron chi connectivity index (χ0n) is 12.0. The van der Waals surface area contributed by atoms with Gasteiger partial charge in [-0.15, -0.1) is 24.0 Å². The molecule has 0 atom stereocenters. The summed E-state index contributed by atoms with van der Waals surface area (Å²) < 4.78 is 10.5. The van der Waals surface area contributed by atoms with Gasteiger partial charge in [0.15, 0.2) is 5.96 Å². The minimum atomic E-state index is 0. The van der Waals surface area contributed by atoms with E-state index in [1.54, 1.807) is 7.11 Å². The number of nitrogens with zero attached hydrogens (tertiary/aromatic N) is 2. The Kier molecular flexibility index (Phi) is 7.08. The predicted octanol–water partition coefficient (Wildman–Crippen LogP) is 1.77. The third-order valence-corrected chi connectivity index (χ3v) is 3.11. The van der Waals surface area contributed by atoms with Crippen molar-refractivity contribution >= 4 is 29.9 Å². The maximum atomic E-state index is 5.99. The molecule has 5 nitrogen and oxygen atoms in total. The van der Waals surface area contributed by atoms with Crippen molar-refractivity contribution in [2.75, 3.05) is 33.4 Å². The molecule has 0 spiro atoms. The van der Waals surface area contributed by atoms with Crippen molar-refractivity contribution in [1.29, 1.82) is 0 Å². The Morgan fingerprint density at radius 3 is 2.70 bits per heavy atom. The largest absolute Gasteiger partial charge is 0.497 e. The fourth-order valence-corrected chi connectivity index (χ4v) is 2.10. The molecule has 0 radical (unpaired) electrons. The van der Waals surface area contributed by atoms with Crippen LogP contribution >= 0.6 is 24.0 Å². The molecule has 1 aromatic rings. The average molecular weight is 391 g/mol. The van der Waals surface area contributed by atoms with Gasteiger partial charge in [-0.2, -0.15) is 0 Å². The fourth-order valence-electron chi connectivity index (χ4n) is 2.10. The van der Waals surface area contributed by atoms with E-state index in [0.29, 0.717) is 25.7 Å². The number of aryl methyl sites for hydroxylation is 1. The average Bonchev–Trinajstić information content (AvgIpc) is 2.45. The minimum Gasteiger partial charge on any atom is -0.497 e. The summed E-state index contributed by atoms with van der Waals surface area (Å²) in [6, 6.07) is 6.08. The monoisotopic (exact) mass is 391 g/mol. The summed E-state index contributed by atoms with van der Waals surface area (Å²) in [6.45, 7) is 5.67. The molecular weight excluding hydrogens is 369 g/mol. The number of ether oxygens (including phenoxy) is 2.